The Morgan fingerprint density at radius 2 is 2.23 bits per heavy atom. The van der Waals surface area contributed by atoms with Crippen LogP contribution in [0.15, 0.2) is 22.8 Å². The molecule has 0 spiro atoms. The van der Waals surface area contributed by atoms with Gasteiger partial charge in [0.1, 0.15) is 18.0 Å². The van der Waals surface area contributed by atoms with Crippen LogP contribution >= 0.6 is 0 Å². The molecule has 1 aromatic rings. The predicted molar refractivity (Wildman–Crippen MR) is 81.2 cm³/mol. The van der Waals surface area contributed by atoms with Crippen LogP contribution in [-0.4, -0.2) is 41.2 Å². The third kappa shape index (κ3) is 3.52. The number of hydrogen-bond acceptors (Lipinski definition) is 4. The van der Waals surface area contributed by atoms with Gasteiger partial charge in [0.05, 0.1) is 6.26 Å². The molecule has 2 saturated heterocycles. The van der Waals surface area contributed by atoms with Crippen LogP contribution < -0.4 is 0 Å². The third-order valence-electron chi connectivity index (χ3n) is 4.73. The lowest BCUT2D eigenvalue weighted by Gasteiger charge is -2.33. The molecule has 3 atom stereocenters. The van der Waals surface area contributed by atoms with Crippen molar-refractivity contribution in [3.8, 4) is 0 Å². The summed E-state index contributed by atoms with van der Waals surface area (Å²) in [6.45, 7) is 1.46. The van der Waals surface area contributed by atoms with Crippen LogP contribution in [0.1, 0.15) is 56.8 Å². The molecule has 3 rings (SSSR count). The van der Waals surface area contributed by atoms with E-state index in [-0.39, 0.29) is 18.1 Å². The molecule has 3 unspecified atom stereocenters. The van der Waals surface area contributed by atoms with Crippen molar-refractivity contribution in [3.05, 3.63) is 24.2 Å². The van der Waals surface area contributed by atoms with E-state index in [4.69, 9.17) is 9.15 Å². The zero-order valence-electron chi connectivity index (χ0n) is 12.9. The number of aliphatic hydroxyl groups is 1. The topological polar surface area (TPSA) is 62.9 Å². The second-order valence-electron chi connectivity index (χ2n) is 6.30. The molecule has 0 saturated carbocycles. The maximum absolute atomic E-state index is 12.7. The van der Waals surface area contributed by atoms with E-state index in [1.165, 1.54) is 0 Å². The van der Waals surface area contributed by atoms with Gasteiger partial charge >= 0.3 is 0 Å². The van der Waals surface area contributed by atoms with E-state index in [0.717, 1.165) is 45.1 Å². The molecule has 0 aromatic carbocycles. The standard InChI is InChI=1S/C17H25NO4/c19-14(15-7-4-10-21-15)12-13-6-2-1-3-9-18(13)17(20)16-8-5-11-22-16/h4,7,10,13-14,16,19H,1-3,5-6,8-9,11-12H2. The first-order chi connectivity index (χ1) is 10.8. The summed E-state index contributed by atoms with van der Waals surface area (Å²) >= 11 is 0. The van der Waals surface area contributed by atoms with Crippen molar-refractivity contribution in [3.63, 3.8) is 0 Å². The number of amides is 1. The molecular weight excluding hydrogens is 282 g/mol. The molecule has 2 aliphatic heterocycles. The number of furan rings is 1. The van der Waals surface area contributed by atoms with Crippen LogP contribution in [0.25, 0.3) is 0 Å². The molecule has 2 fully saturated rings. The van der Waals surface area contributed by atoms with Gasteiger partial charge in [-0.3, -0.25) is 4.79 Å². The van der Waals surface area contributed by atoms with E-state index in [2.05, 4.69) is 0 Å². The van der Waals surface area contributed by atoms with E-state index in [1.54, 1.807) is 18.4 Å². The number of carbonyl (C=O) groups excluding carboxylic acids is 1. The van der Waals surface area contributed by atoms with Crippen molar-refractivity contribution >= 4 is 5.91 Å². The largest absolute Gasteiger partial charge is 0.467 e. The lowest BCUT2D eigenvalue weighted by molar-refractivity contribution is -0.144. The Labute approximate surface area is 131 Å². The first-order valence-corrected chi connectivity index (χ1v) is 8.39. The highest BCUT2D eigenvalue weighted by molar-refractivity contribution is 5.81. The second-order valence-corrected chi connectivity index (χ2v) is 6.30. The maximum Gasteiger partial charge on any atom is 0.251 e. The Morgan fingerprint density at radius 3 is 2.95 bits per heavy atom. The van der Waals surface area contributed by atoms with Gasteiger partial charge in [0.2, 0.25) is 0 Å². The van der Waals surface area contributed by atoms with E-state index in [1.807, 2.05) is 4.90 Å². The highest BCUT2D eigenvalue weighted by Crippen LogP contribution is 2.28. The summed E-state index contributed by atoms with van der Waals surface area (Å²) in [5.74, 6) is 0.685. The van der Waals surface area contributed by atoms with Gasteiger partial charge in [0.15, 0.2) is 0 Å². The fraction of sp³-hybridized carbons (Fsp3) is 0.706. The normalized spacial score (nSPS) is 27.6. The lowest BCUT2D eigenvalue weighted by atomic mass is 10.0. The van der Waals surface area contributed by atoms with Crippen molar-refractivity contribution < 1.29 is 19.1 Å². The number of aliphatic hydroxyl groups excluding tert-OH is 1. The fourth-order valence-electron chi connectivity index (χ4n) is 3.52. The summed E-state index contributed by atoms with van der Waals surface area (Å²) < 4.78 is 10.8. The average molecular weight is 307 g/mol. The molecule has 5 heteroatoms. The highest BCUT2D eigenvalue weighted by Gasteiger charge is 2.34. The van der Waals surface area contributed by atoms with Gasteiger partial charge in [0, 0.05) is 25.6 Å². The predicted octanol–water partition coefficient (Wildman–Crippen LogP) is 2.65. The third-order valence-corrected chi connectivity index (χ3v) is 4.73. The number of nitrogens with zero attached hydrogens (tertiary/aromatic N) is 1. The minimum absolute atomic E-state index is 0.0688. The zero-order chi connectivity index (χ0) is 15.4. The number of ether oxygens (including phenoxy) is 1. The van der Waals surface area contributed by atoms with E-state index in [0.29, 0.717) is 18.8 Å². The smallest absolute Gasteiger partial charge is 0.251 e. The van der Waals surface area contributed by atoms with Crippen molar-refractivity contribution in [2.45, 2.75) is 63.2 Å². The van der Waals surface area contributed by atoms with E-state index < -0.39 is 6.10 Å². The molecule has 0 radical (unpaired) electrons. The first kappa shape index (κ1) is 15.6. The molecule has 3 heterocycles. The highest BCUT2D eigenvalue weighted by atomic mass is 16.5. The summed E-state index contributed by atoms with van der Waals surface area (Å²) in [7, 11) is 0. The van der Waals surface area contributed by atoms with Crippen molar-refractivity contribution in [1.82, 2.24) is 4.90 Å². The number of hydrogen-bond donors (Lipinski definition) is 1. The summed E-state index contributed by atoms with van der Waals surface area (Å²) in [4.78, 5) is 14.7. The van der Waals surface area contributed by atoms with Crippen LogP contribution in [0.5, 0.6) is 0 Å². The van der Waals surface area contributed by atoms with Crippen molar-refractivity contribution in [1.29, 1.82) is 0 Å². The van der Waals surface area contributed by atoms with Crippen molar-refractivity contribution in [2.75, 3.05) is 13.2 Å². The van der Waals surface area contributed by atoms with Gasteiger partial charge in [-0.1, -0.05) is 12.8 Å². The van der Waals surface area contributed by atoms with Gasteiger partial charge in [-0.25, -0.2) is 0 Å². The van der Waals surface area contributed by atoms with Crippen LogP contribution in [0.2, 0.25) is 0 Å². The Hall–Kier alpha value is -1.33. The average Bonchev–Trinajstić information content (AvgIpc) is 3.18. The maximum atomic E-state index is 12.7. The van der Waals surface area contributed by atoms with E-state index in [9.17, 15) is 9.90 Å². The summed E-state index contributed by atoms with van der Waals surface area (Å²) in [5, 5.41) is 10.4. The minimum atomic E-state index is -0.655. The monoisotopic (exact) mass is 307 g/mol. The Balaban J connectivity index is 1.68. The van der Waals surface area contributed by atoms with Crippen LogP contribution in [-0.2, 0) is 9.53 Å². The van der Waals surface area contributed by atoms with Gasteiger partial charge in [-0.2, -0.15) is 0 Å². The van der Waals surface area contributed by atoms with E-state index >= 15 is 0 Å². The first-order valence-electron chi connectivity index (χ1n) is 8.39. The zero-order valence-corrected chi connectivity index (χ0v) is 12.9. The summed E-state index contributed by atoms with van der Waals surface area (Å²) in [5.41, 5.74) is 0. The van der Waals surface area contributed by atoms with Gasteiger partial charge in [-0.15, -0.1) is 0 Å². The minimum Gasteiger partial charge on any atom is -0.467 e. The molecule has 122 valence electrons. The van der Waals surface area contributed by atoms with Crippen LogP contribution in [0.3, 0.4) is 0 Å². The molecule has 1 amide bonds. The molecule has 0 bridgehead atoms. The van der Waals surface area contributed by atoms with Gasteiger partial charge in [0.25, 0.3) is 5.91 Å². The SMILES string of the molecule is O=C(C1CCCO1)N1CCCCCC1CC(O)c1ccco1. The summed E-state index contributed by atoms with van der Waals surface area (Å²) in [6.07, 6.45) is 7.18. The van der Waals surface area contributed by atoms with Crippen LogP contribution in [0, 0.1) is 0 Å². The summed E-state index contributed by atoms with van der Waals surface area (Å²) in [6, 6.07) is 3.63. The molecular formula is C17H25NO4. The molecule has 22 heavy (non-hydrogen) atoms. The Bertz CT molecular complexity index is 467. The number of carbonyl (C=O) groups is 1. The molecule has 2 aliphatic rings. The lowest BCUT2D eigenvalue weighted by Crippen LogP contribution is -2.45. The number of likely N-dealkylation sites (tertiary alicyclic amines) is 1. The number of rotatable bonds is 4. The molecule has 5 nitrogen and oxygen atoms in total. The van der Waals surface area contributed by atoms with Crippen molar-refractivity contribution in [2.24, 2.45) is 0 Å². The molecule has 0 aliphatic carbocycles. The Kier molecular flexibility index (Phi) is 5.16. The second kappa shape index (κ2) is 7.29. The Morgan fingerprint density at radius 1 is 1.32 bits per heavy atom. The molecule has 1 aromatic heterocycles. The quantitative estimate of drug-likeness (QED) is 0.929. The molecule has 1 N–H and O–H groups in total. The van der Waals surface area contributed by atoms with Crippen LogP contribution in [0.4, 0.5) is 0 Å². The fourth-order valence-corrected chi connectivity index (χ4v) is 3.52. The van der Waals surface area contributed by atoms with Gasteiger partial charge < -0.3 is 19.2 Å². The van der Waals surface area contributed by atoms with Gasteiger partial charge in [-0.05, 0) is 37.8 Å².